The Hall–Kier alpha value is -3.80. The Kier molecular flexibility index (Phi) is 4.45. The molecule has 1 aromatic heterocycles. The predicted molar refractivity (Wildman–Crippen MR) is 107 cm³/mol. The maximum atomic E-state index is 12.1. The number of para-hydroxylation sites is 2. The zero-order valence-electron chi connectivity index (χ0n) is 14.7. The number of amides is 2. The molecule has 2 amide bonds. The molecule has 3 N–H and O–H groups in total. The van der Waals surface area contributed by atoms with Crippen LogP contribution in [0.3, 0.4) is 0 Å². The average Bonchev–Trinajstić information content (AvgIpc) is 3.13. The summed E-state index contributed by atoms with van der Waals surface area (Å²) in [7, 11) is 1.60. The lowest BCUT2D eigenvalue weighted by molar-refractivity contribution is 0.262. The van der Waals surface area contributed by atoms with Crippen LogP contribution < -0.4 is 15.4 Å². The molecule has 0 fully saturated rings. The summed E-state index contributed by atoms with van der Waals surface area (Å²) in [6, 6.07) is 22.2. The van der Waals surface area contributed by atoms with E-state index in [1.165, 1.54) is 0 Å². The molecule has 6 heteroatoms. The number of anilines is 2. The standard InChI is InChI=1S/C21H18N4O2/c1-27-17-12-10-16(11-13-17)23-21(26)22-15-8-6-14(7-9-15)20-24-18-4-2-3-5-19(18)25-20/h2-13H,1H3,(H,24,25)(H2,22,23,26). The van der Waals surface area contributed by atoms with Gasteiger partial charge in [-0.1, -0.05) is 12.1 Å². The second kappa shape index (κ2) is 7.21. The van der Waals surface area contributed by atoms with Gasteiger partial charge in [-0.15, -0.1) is 0 Å². The van der Waals surface area contributed by atoms with Crippen molar-refractivity contribution >= 4 is 28.4 Å². The van der Waals surface area contributed by atoms with Crippen molar-refractivity contribution in [1.82, 2.24) is 9.97 Å². The largest absolute Gasteiger partial charge is 0.497 e. The molecule has 6 nitrogen and oxygen atoms in total. The number of carbonyl (C=O) groups is 1. The third kappa shape index (κ3) is 3.74. The minimum atomic E-state index is -0.309. The third-order valence-corrected chi connectivity index (χ3v) is 4.15. The van der Waals surface area contributed by atoms with E-state index in [1.807, 2.05) is 48.5 Å². The highest BCUT2D eigenvalue weighted by molar-refractivity contribution is 5.99. The molecule has 0 saturated carbocycles. The maximum Gasteiger partial charge on any atom is 0.323 e. The van der Waals surface area contributed by atoms with Crippen LogP contribution in [0.4, 0.5) is 16.2 Å². The number of ether oxygens (including phenoxy) is 1. The number of nitrogens with zero attached hydrogens (tertiary/aromatic N) is 1. The van der Waals surface area contributed by atoms with Crippen molar-refractivity contribution < 1.29 is 9.53 Å². The number of aromatic amines is 1. The number of hydrogen-bond donors (Lipinski definition) is 3. The molecule has 0 unspecified atom stereocenters. The first kappa shape index (κ1) is 16.7. The molecule has 3 aromatic carbocycles. The van der Waals surface area contributed by atoms with Gasteiger partial charge in [0.1, 0.15) is 11.6 Å². The Labute approximate surface area is 156 Å². The molecule has 0 atom stereocenters. The molecule has 27 heavy (non-hydrogen) atoms. The molecular weight excluding hydrogens is 340 g/mol. The van der Waals surface area contributed by atoms with Crippen LogP contribution in [-0.4, -0.2) is 23.1 Å². The van der Waals surface area contributed by atoms with Crippen LogP contribution in [0.25, 0.3) is 22.4 Å². The first-order valence-electron chi connectivity index (χ1n) is 8.48. The fourth-order valence-corrected chi connectivity index (χ4v) is 2.77. The van der Waals surface area contributed by atoms with Gasteiger partial charge in [-0.05, 0) is 60.7 Å². The summed E-state index contributed by atoms with van der Waals surface area (Å²) < 4.78 is 5.10. The normalized spacial score (nSPS) is 10.6. The number of nitrogens with one attached hydrogen (secondary N) is 3. The number of aromatic nitrogens is 2. The van der Waals surface area contributed by atoms with Crippen molar-refractivity contribution in [2.24, 2.45) is 0 Å². The summed E-state index contributed by atoms with van der Waals surface area (Å²) in [6.45, 7) is 0. The molecule has 0 radical (unpaired) electrons. The molecule has 0 aliphatic heterocycles. The van der Waals surface area contributed by atoms with Crippen molar-refractivity contribution in [3.63, 3.8) is 0 Å². The van der Waals surface area contributed by atoms with Crippen molar-refractivity contribution in [2.75, 3.05) is 17.7 Å². The van der Waals surface area contributed by atoms with E-state index in [4.69, 9.17) is 4.74 Å². The number of fused-ring (bicyclic) bond motifs is 1. The number of H-pyrrole nitrogens is 1. The Morgan fingerprint density at radius 1 is 0.889 bits per heavy atom. The quantitative estimate of drug-likeness (QED) is 0.486. The summed E-state index contributed by atoms with van der Waals surface area (Å²) in [5, 5.41) is 5.59. The predicted octanol–water partition coefficient (Wildman–Crippen LogP) is 4.88. The fourth-order valence-electron chi connectivity index (χ4n) is 2.77. The van der Waals surface area contributed by atoms with Crippen LogP contribution in [-0.2, 0) is 0 Å². The Morgan fingerprint density at radius 2 is 1.52 bits per heavy atom. The van der Waals surface area contributed by atoms with E-state index in [0.29, 0.717) is 11.4 Å². The van der Waals surface area contributed by atoms with Gasteiger partial charge in [0.05, 0.1) is 18.1 Å². The van der Waals surface area contributed by atoms with Crippen molar-refractivity contribution in [3.05, 3.63) is 72.8 Å². The van der Waals surface area contributed by atoms with Gasteiger partial charge in [0.2, 0.25) is 0 Å². The van der Waals surface area contributed by atoms with Crippen LogP contribution in [0.15, 0.2) is 72.8 Å². The smallest absolute Gasteiger partial charge is 0.323 e. The van der Waals surface area contributed by atoms with E-state index >= 15 is 0 Å². The van der Waals surface area contributed by atoms with Crippen molar-refractivity contribution in [2.45, 2.75) is 0 Å². The van der Waals surface area contributed by atoms with Gasteiger partial charge < -0.3 is 20.4 Å². The number of methoxy groups -OCH3 is 1. The summed E-state index contributed by atoms with van der Waals surface area (Å²) in [5.41, 5.74) is 4.25. The van der Waals surface area contributed by atoms with E-state index in [2.05, 4.69) is 20.6 Å². The SMILES string of the molecule is COc1ccc(NC(=O)Nc2ccc(-c3nc4ccccc4[nH]3)cc2)cc1. The Morgan fingerprint density at radius 3 is 2.15 bits per heavy atom. The highest BCUT2D eigenvalue weighted by Crippen LogP contribution is 2.22. The average molecular weight is 358 g/mol. The molecular formula is C21H18N4O2. The van der Waals surface area contributed by atoms with Crippen molar-refractivity contribution in [3.8, 4) is 17.1 Å². The van der Waals surface area contributed by atoms with Crippen molar-refractivity contribution in [1.29, 1.82) is 0 Å². The minimum Gasteiger partial charge on any atom is -0.497 e. The lowest BCUT2D eigenvalue weighted by atomic mass is 10.2. The molecule has 0 aliphatic rings. The third-order valence-electron chi connectivity index (χ3n) is 4.15. The maximum absolute atomic E-state index is 12.1. The topological polar surface area (TPSA) is 79.0 Å². The monoisotopic (exact) mass is 358 g/mol. The van der Waals surface area contributed by atoms with Gasteiger partial charge in [-0.3, -0.25) is 0 Å². The summed E-state index contributed by atoms with van der Waals surface area (Å²) in [4.78, 5) is 20.0. The number of carbonyl (C=O) groups excluding carboxylic acids is 1. The van der Waals surface area contributed by atoms with E-state index in [0.717, 1.165) is 28.2 Å². The Bertz CT molecular complexity index is 1040. The molecule has 4 aromatic rings. The number of imidazole rings is 1. The molecule has 0 aliphatic carbocycles. The number of benzene rings is 3. The molecule has 0 saturated heterocycles. The number of rotatable bonds is 4. The summed E-state index contributed by atoms with van der Waals surface area (Å²) in [5.74, 6) is 1.53. The van der Waals surface area contributed by atoms with Crippen LogP contribution in [0.2, 0.25) is 0 Å². The summed E-state index contributed by atoms with van der Waals surface area (Å²) >= 11 is 0. The molecule has 4 rings (SSSR count). The molecule has 134 valence electrons. The van der Waals surface area contributed by atoms with Gasteiger partial charge in [-0.2, -0.15) is 0 Å². The zero-order valence-corrected chi connectivity index (χ0v) is 14.7. The van der Waals surface area contributed by atoms with Gasteiger partial charge in [0, 0.05) is 16.9 Å². The second-order valence-corrected chi connectivity index (χ2v) is 5.99. The highest BCUT2D eigenvalue weighted by atomic mass is 16.5. The van der Waals surface area contributed by atoms with Crippen LogP contribution >= 0.6 is 0 Å². The molecule has 1 heterocycles. The first-order valence-corrected chi connectivity index (χ1v) is 8.48. The lowest BCUT2D eigenvalue weighted by Gasteiger charge is -2.08. The number of hydrogen-bond acceptors (Lipinski definition) is 3. The van der Waals surface area contributed by atoms with Gasteiger partial charge in [0.25, 0.3) is 0 Å². The van der Waals surface area contributed by atoms with Gasteiger partial charge >= 0.3 is 6.03 Å². The summed E-state index contributed by atoms with van der Waals surface area (Å²) in [6.07, 6.45) is 0. The van der Waals surface area contributed by atoms with E-state index < -0.39 is 0 Å². The first-order chi connectivity index (χ1) is 13.2. The minimum absolute atomic E-state index is 0.309. The van der Waals surface area contributed by atoms with E-state index in [1.54, 1.807) is 31.4 Å². The molecule has 0 bridgehead atoms. The lowest BCUT2D eigenvalue weighted by Crippen LogP contribution is -2.19. The van der Waals surface area contributed by atoms with Crippen LogP contribution in [0.1, 0.15) is 0 Å². The highest BCUT2D eigenvalue weighted by Gasteiger charge is 2.06. The fraction of sp³-hybridized carbons (Fsp3) is 0.0476. The Balaban J connectivity index is 1.43. The second-order valence-electron chi connectivity index (χ2n) is 5.99. The number of urea groups is 1. The van der Waals surface area contributed by atoms with Crippen LogP contribution in [0, 0.1) is 0 Å². The van der Waals surface area contributed by atoms with E-state index in [-0.39, 0.29) is 6.03 Å². The van der Waals surface area contributed by atoms with Crippen LogP contribution in [0.5, 0.6) is 5.75 Å². The van der Waals surface area contributed by atoms with Gasteiger partial charge in [0.15, 0.2) is 0 Å². The molecule has 0 spiro atoms. The zero-order chi connectivity index (χ0) is 18.6. The van der Waals surface area contributed by atoms with E-state index in [9.17, 15) is 4.79 Å². The van der Waals surface area contributed by atoms with Gasteiger partial charge in [-0.25, -0.2) is 9.78 Å².